The number of nitrogens with one attached hydrogen (secondary N) is 1. The standard InChI is InChI=1S/C19H25N3/c1-14(12-15(2)8-9-16(3)20)6-5-7-19-13-18(17(4)21)10-11-22-19/h6,8-13,20H,4-5,7,21H2,1-3H3/b9-8-,14-6+,15-12-,20-16?. The van der Waals surface area contributed by atoms with E-state index >= 15 is 0 Å². The van der Waals surface area contributed by atoms with Gasteiger partial charge in [-0.2, -0.15) is 0 Å². The molecular weight excluding hydrogens is 270 g/mol. The topological polar surface area (TPSA) is 62.8 Å². The predicted octanol–water partition coefficient (Wildman–Crippen LogP) is 4.43. The molecule has 0 aromatic carbocycles. The highest BCUT2D eigenvalue weighted by Crippen LogP contribution is 2.11. The highest BCUT2D eigenvalue weighted by molar-refractivity contribution is 5.90. The van der Waals surface area contributed by atoms with Crippen LogP contribution in [0.5, 0.6) is 0 Å². The molecule has 1 heterocycles. The van der Waals surface area contributed by atoms with Crippen molar-refractivity contribution in [1.29, 1.82) is 5.41 Å². The maximum Gasteiger partial charge on any atom is 0.0413 e. The first-order chi connectivity index (χ1) is 10.4. The Hall–Kier alpha value is -2.42. The minimum Gasteiger partial charge on any atom is -0.399 e. The number of hydrogen-bond acceptors (Lipinski definition) is 3. The summed E-state index contributed by atoms with van der Waals surface area (Å²) < 4.78 is 0. The van der Waals surface area contributed by atoms with Crippen LogP contribution in [-0.4, -0.2) is 10.7 Å². The van der Waals surface area contributed by atoms with E-state index in [9.17, 15) is 0 Å². The number of allylic oxidation sites excluding steroid dienone is 6. The van der Waals surface area contributed by atoms with E-state index in [0.717, 1.165) is 29.7 Å². The van der Waals surface area contributed by atoms with Crippen LogP contribution in [0.15, 0.2) is 60.4 Å². The SMILES string of the molecule is C=C(N)c1ccnc(CC/C=C(C)/C=C(C)\C=C/C(C)=N)c1. The average molecular weight is 295 g/mol. The lowest BCUT2D eigenvalue weighted by atomic mass is 10.1. The Morgan fingerprint density at radius 3 is 2.64 bits per heavy atom. The van der Waals surface area contributed by atoms with Crippen LogP contribution in [0.4, 0.5) is 0 Å². The lowest BCUT2D eigenvalue weighted by Crippen LogP contribution is -1.97. The van der Waals surface area contributed by atoms with Gasteiger partial charge in [0.15, 0.2) is 0 Å². The van der Waals surface area contributed by atoms with Gasteiger partial charge in [0.1, 0.15) is 0 Å². The van der Waals surface area contributed by atoms with Crippen LogP contribution in [0.3, 0.4) is 0 Å². The lowest BCUT2D eigenvalue weighted by molar-refractivity contribution is 0.937. The molecule has 0 atom stereocenters. The second-order valence-electron chi connectivity index (χ2n) is 5.45. The molecule has 1 aromatic rings. The van der Waals surface area contributed by atoms with Gasteiger partial charge in [0.25, 0.3) is 0 Å². The normalized spacial score (nSPS) is 12.7. The molecule has 1 aromatic heterocycles. The molecule has 3 N–H and O–H groups in total. The molecule has 0 aliphatic carbocycles. The highest BCUT2D eigenvalue weighted by Gasteiger charge is 1.98. The fourth-order valence-corrected chi connectivity index (χ4v) is 1.98. The van der Waals surface area contributed by atoms with Crippen LogP contribution >= 0.6 is 0 Å². The second kappa shape index (κ2) is 8.78. The summed E-state index contributed by atoms with van der Waals surface area (Å²) in [6, 6.07) is 3.86. The van der Waals surface area contributed by atoms with Crippen LogP contribution in [0.1, 0.15) is 38.4 Å². The molecule has 0 unspecified atom stereocenters. The van der Waals surface area contributed by atoms with Crippen LogP contribution in [0, 0.1) is 5.41 Å². The number of pyridine rings is 1. The minimum absolute atomic E-state index is 0.557. The van der Waals surface area contributed by atoms with Gasteiger partial charge in [-0.1, -0.05) is 36.0 Å². The lowest BCUT2D eigenvalue weighted by Gasteiger charge is -2.03. The van der Waals surface area contributed by atoms with E-state index in [2.05, 4.69) is 30.6 Å². The highest BCUT2D eigenvalue weighted by atomic mass is 14.7. The summed E-state index contributed by atoms with van der Waals surface area (Å²) in [5.74, 6) is 0. The molecule has 0 amide bonds. The van der Waals surface area contributed by atoms with Gasteiger partial charge in [0.05, 0.1) is 0 Å². The molecule has 0 fully saturated rings. The van der Waals surface area contributed by atoms with Gasteiger partial charge in [0.2, 0.25) is 0 Å². The van der Waals surface area contributed by atoms with E-state index in [4.69, 9.17) is 11.1 Å². The average Bonchev–Trinajstić information content (AvgIpc) is 2.45. The van der Waals surface area contributed by atoms with Crippen molar-refractivity contribution < 1.29 is 0 Å². The van der Waals surface area contributed by atoms with Crippen molar-refractivity contribution >= 4 is 11.4 Å². The van der Waals surface area contributed by atoms with Gasteiger partial charge in [-0.3, -0.25) is 4.98 Å². The van der Waals surface area contributed by atoms with Crippen molar-refractivity contribution in [1.82, 2.24) is 4.98 Å². The first kappa shape index (κ1) is 17.6. The predicted molar refractivity (Wildman–Crippen MR) is 95.8 cm³/mol. The van der Waals surface area contributed by atoms with E-state index in [1.165, 1.54) is 5.57 Å². The smallest absolute Gasteiger partial charge is 0.0413 e. The number of aromatic nitrogens is 1. The number of hydrogen-bond donors (Lipinski definition) is 2. The molecule has 0 radical (unpaired) electrons. The molecule has 0 aliphatic rings. The second-order valence-corrected chi connectivity index (χ2v) is 5.45. The summed E-state index contributed by atoms with van der Waals surface area (Å²) in [7, 11) is 0. The zero-order chi connectivity index (χ0) is 16.5. The van der Waals surface area contributed by atoms with Gasteiger partial charge in [-0.25, -0.2) is 0 Å². The van der Waals surface area contributed by atoms with Crippen LogP contribution in [-0.2, 0) is 6.42 Å². The summed E-state index contributed by atoms with van der Waals surface area (Å²) in [6.45, 7) is 9.63. The maximum absolute atomic E-state index is 7.37. The third kappa shape index (κ3) is 6.84. The first-order valence-electron chi connectivity index (χ1n) is 7.36. The van der Waals surface area contributed by atoms with E-state index < -0.39 is 0 Å². The Kier molecular flexibility index (Phi) is 7.03. The van der Waals surface area contributed by atoms with Gasteiger partial charge < -0.3 is 11.1 Å². The Labute approximate surface area is 133 Å². The van der Waals surface area contributed by atoms with Gasteiger partial charge >= 0.3 is 0 Å². The zero-order valence-corrected chi connectivity index (χ0v) is 13.7. The summed E-state index contributed by atoms with van der Waals surface area (Å²) in [4.78, 5) is 4.35. The molecule has 0 saturated carbocycles. The van der Waals surface area contributed by atoms with E-state index in [1.54, 1.807) is 19.2 Å². The fraction of sp³-hybridized carbons (Fsp3) is 0.263. The molecule has 22 heavy (non-hydrogen) atoms. The largest absolute Gasteiger partial charge is 0.399 e. The molecule has 0 bridgehead atoms. The first-order valence-corrected chi connectivity index (χ1v) is 7.36. The Balaban J connectivity index is 2.61. The summed E-state index contributed by atoms with van der Waals surface area (Å²) in [6.07, 6.45) is 11.6. The Morgan fingerprint density at radius 2 is 2.00 bits per heavy atom. The summed E-state index contributed by atoms with van der Waals surface area (Å²) in [5.41, 5.74) is 11.1. The molecule has 0 saturated heterocycles. The minimum atomic E-state index is 0.557. The van der Waals surface area contributed by atoms with E-state index in [1.807, 2.05) is 25.1 Å². The van der Waals surface area contributed by atoms with Gasteiger partial charge in [-0.15, -0.1) is 0 Å². The quantitative estimate of drug-likeness (QED) is 0.577. The summed E-state index contributed by atoms with van der Waals surface area (Å²) in [5, 5.41) is 7.37. The molecule has 0 aliphatic heterocycles. The van der Waals surface area contributed by atoms with E-state index in [0.29, 0.717) is 11.4 Å². The van der Waals surface area contributed by atoms with Crippen LogP contribution in [0.25, 0.3) is 5.70 Å². The Bertz CT molecular complexity index is 634. The Morgan fingerprint density at radius 1 is 1.27 bits per heavy atom. The summed E-state index contributed by atoms with van der Waals surface area (Å²) >= 11 is 0. The maximum atomic E-state index is 7.37. The van der Waals surface area contributed by atoms with Crippen LogP contribution in [0.2, 0.25) is 0 Å². The van der Waals surface area contributed by atoms with E-state index in [-0.39, 0.29) is 0 Å². The molecule has 1 rings (SSSR count). The molecule has 0 spiro atoms. The van der Waals surface area contributed by atoms with Gasteiger partial charge in [0, 0.05) is 28.9 Å². The van der Waals surface area contributed by atoms with Crippen molar-refractivity contribution in [3.05, 3.63) is 71.6 Å². The van der Waals surface area contributed by atoms with Crippen LogP contribution < -0.4 is 5.73 Å². The number of rotatable bonds is 7. The van der Waals surface area contributed by atoms with Crippen molar-refractivity contribution in [3.63, 3.8) is 0 Å². The zero-order valence-electron chi connectivity index (χ0n) is 13.7. The van der Waals surface area contributed by atoms with Gasteiger partial charge in [-0.05, 0) is 51.8 Å². The molecule has 3 heteroatoms. The number of aryl methyl sites for hydroxylation is 1. The van der Waals surface area contributed by atoms with Crippen molar-refractivity contribution in [2.24, 2.45) is 5.73 Å². The monoisotopic (exact) mass is 295 g/mol. The molecule has 3 nitrogen and oxygen atoms in total. The number of nitrogens with zero attached hydrogens (tertiary/aromatic N) is 1. The van der Waals surface area contributed by atoms with Crippen molar-refractivity contribution in [2.75, 3.05) is 0 Å². The molecule has 116 valence electrons. The number of nitrogens with two attached hydrogens (primary N) is 1. The van der Waals surface area contributed by atoms with Crippen molar-refractivity contribution in [3.8, 4) is 0 Å². The third-order valence-corrected chi connectivity index (χ3v) is 3.11. The third-order valence-electron chi connectivity index (χ3n) is 3.11. The van der Waals surface area contributed by atoms with Crippen molar-refractivity contribution in [2.45, 2.75) is 33.6 Å². The molecular formula is C19H25N3. The fourth-order valence-electron chi connectivity index (χ4n) is 1.98.